The summed E-state index contributed by atoms with van der Waals surface area (Å²) in [7, 11) is 0. The smallest absolute Gasteiger partial charge is 0.123 e. The summed E-state index contributed by atoms with van der Waals surface area (Å²) in [6.07, 6.45) is 0. The predicted octanol–water partition coefficient (Wildman–Crippen LogP) is 3.84. The van der Waals surface area contributed by atoms with E-state index in [1.807, 2.05) is 30.3 Å². The highest BCUT2D eigenvalue weighted by Crippen LogP contribution is 2.14. The van der Waals surface area contributed by atoms with Crippen molar-refractivity contribution >= 4 is 21.6 Å². The van der Waals surface area contributed by atoms with Crippen molar-refractivity contribution in [2.24, 2.45) is 0 Å². The molecule has 0 aliphatic heterocycles. The summed E-state index contributed by atoms with van der Waals surface area (Å²) in [5.41, 5.74) is 9.24. The Labute approximate surface area is 114 Å². The van der Waals surface area contributed by atoms with Crippen molar-refractivity contribution in [1.82, 2.24) is 5.43 Å². The molecule has 2 N–H and O–H groups in total. The maximum atomic E-state index is 13.1. The van der Waals surface area contributed by atoms with Crippen LogP contribution in [-0.2, 0) is 11.9 Å². The molecule has 0 heterocycles. The van der Waals surface area contributed by atoms with Crippen LogP contribution < -0.4 is 10.9 Å². The third-order valence-corrected chi connectivity index (χ3v) is 3.20. The highest BCUT2D eigenvalue weighted by molar-refractivity contribution is 9.08. The number of anilines is 1. The fourth-order valence-electron chi connectivity index (χ4n) is 1.65. The first kappa shape index (κ1) is 13.1. The largest absolute Gasteiger partial charge is 0.321 e. The van der Waals surface area contributed by atoms with Crippen LogP contribution in [0.5, 0.6) is 0 Å². The molecule has 0 spiro atoms. The van der Waals surface area contributed by atoms with Gasteiger partial charge in [-0.1, -0.05) is 40.2 Å². The van der Waals surface area contributed by atoms with Crippen molar-refractivity contribution in [3.8, 4) is 0 Å². The van der Waals surface area contributed by atoms with Gasteiger partial charge in [-0.2, -0.15) is 0 Å². The molecule has 0 aliphatic rings. The van der Waals surface area contributed by atoms with E-state index in [4.69, 9.17) is 0 Å². The van der Waals surface area contributed by atoms with Crippen molar-refractivity contribution < 1.29 is 4.39 Å². The minimum absolute atomic E-state index is 0.204. The Balaban J connectivity index is 1.94. The SMILES string of the molecule is Fc1ccc(CNNc2ccccc2)c(CBr)c1. The first-order chi connectivity index (χ1) is 8.79. The lowest BCUT2D eigenvalue weighted by molar-refractivity contribution is 0.624. The number of para-hydroxylation sites is 1. The Hall–Kier alpha value is -1.39. The third kappa shape index (κ3) is 3.55. The number of hydrogen-bond donors (Lipinski definition) is 2. The number of alkyl halides is 1. The van der Waals surface area contributed by atoms with Gasteiger partial charge in [-0.05, 0) is 35.4 Å². The van der Waals surface area contributed by atoms with Crippen molar-refractivity contribution in [2.45, 2.75) is 11.9 Å². The summed E-state index contributed by atoms with van der Waals surface area (Å²) >= 11 is 3.36. The van der Waals surface area contributed by atoms with Gasteiger partial charge in [0, 0.05) is 17.6 Å². The molecular formula is C14H14BrFN2. The van der Waals surface area contributed by atoms with Crippen LogP contribution in [0.3, 0.4) is 0 Å². The van der Waals surface area contributed by atoms with Crippen LogP contribution in [-0.4, -0.2) is 0 Å². The van der Waals surface area contributed by atoms with E-state index in [-0.39, 0.29) is 5.82 Å². The molecule has 94 valence electrons. The number of rotatable bonds is 5. The molecule has 0 bridgehead atoms. The first-order valence-corrected chi connectivity index (χ1v) is 6.79. The van der Waals surface area contributed by atoms with Crippen LogP contribution in [0, 0.1) is 5.82 Å². The molecule has 0 saturated carbocycles. The molecule has 0 fully saturated rings. The van der Waals surface area contributed by atoms with Crippen LogP contribution >= 0.6 is 15.9 Å². The second kappa shape index (κ2) is 6.52. The summed E-state index contributed by atoms with van der Waals surface area (Å²) in [5, 5.41) is 0.646. The zero-order valence-corrected chi connectivity index (χ0v) is 11.4. The van der Waals surface area contributed by atoms with Gasteiger partial charge in [0.05, 0.1) is 0 Å². The average Bonchev–Trinajstić information content (AvgIpc) is 2.41. The van der Waals surface area contributed by atoms with E-state index in [1.54, 1.807) is 12.1 Å². The van der Waals surface area contributed by atoms with E-state index in [0.717, 1.165) is 16.8 Å². The predicted molar refractivity (Wildman–Crippen MR) is 75.9 cm³/mol. The Kier molecular flexibility index (Phi) is 4.73. The minimum Gasteiger partial charge on any atom is -0.321 e. The third-order valence-electron chi connectivity index (χ3n) is 2.60. The summed E-state index contributed by atoms with van der Waals surface area (Å²) in [4.78, 5) is 0. The first-order valence-electron chi connectivity index (χ1n) is 5.67. The fraction of sp³-hybridized carbons (Fsp3) is 0.143. The van der Waals surface area contributed by atoms with Crippen LogP contribution in [0.4, 0.5) is 10.1 Å². The Morgan fingerprint density at radius 1 is 1.00 bits per heavy atom. The van der Waals surface area contributed by atoms with E-state index in [0.29, 0.717) is 11.9 Å². The molecule has 0 saturated heterocycles. The molecule has 0 radical (unpaired) electrons. The number of hydrogen-bond acceptors (Lipinski definition) is 2. The molecule has 18 heavy (non-hydrogen) atoms. The lowest BCUT2D eigenvalue weighted by Crippen LogP contribution is -2.21. The van der Waals surface area contributed by atoms with Gasteiger partial charge in [0.25, 0.3) is 0 Å². The van der Waals surface area contributed by atoms with Gasteiger partial charge in [-0.25, -0.2) is 9.82 Å². The van der Waals surface area contributed by atoms with Gasteiger partial charge >= 0.3 is 0 Å². The van der Waals surface area contributed by atoms with Crippen molar-refractivity contribution in [2.75, 3.05) is 5.43 Å². The number of hydrazine groups is 1. The Bertz CT molecular complexity index is 502. The summed E-state index contributed by atoms with van der Waals surface area (Å²) in [5.74, 6) is -0.204. The zero-order valence-electron chi connectivity index (χ0n) is 9.79. The summed E-state index contributed by atoms with van der Waals surface area (Å²) in [6, 6.07) is 14.7. The van der Waals surface area contributed by atoms with E-state index >= 15 is 0 Å². The molecule has 0 unspecified atom stereocenters. The molecule has 2 aromatic carbocycles. The lowest BCUT2D eigenvalue weighted by Gasteiger charge is -2.11. The maximum Gasteiger partial charge on any atom is 0.123 e. The molecule has 0 amide bonds. The molecule has 2 rings (SSSR count). The zero-order chi connectivity index (χ0) is 12.8. The number of nitrogens with one attached hydrogen (secondary N) is 2. The summed E-state index contributed by atoms with van der Waals surface area (Å²) < 4.78 is 13.1. The summed E-state index contributed by atoms with van der Waals surface area (Å²) in [6.45, 7) is 0.635. The normalized spacial score (nSPS) is 10.3. The fourth-order valence-corrected chi connectivity index (χ4v) is 2.18. The molecule has 0 aliphatic carbocycles. The van der Waals surface area contributed by atoms with Gasteiger partial charge in [-0.15, -0.1) is 0 Å². The minimum atomic E-state index is -0.204. The van der Waals surface area contributed by atoms with Gasteiger partial charge in [0.2, 0.25) is 0 Å². The topological polar surface area (TPSA) is 24.1 Å². The van der Waals surface area contributed by atoms with Gasteiger partial charge in [-0.3, -0.25) is 0 Å². The van der Waals surface area contributed by atoms with Gasteiger partial charge in [0.1, 0.15) is 5.82 Å². The van der Waals surface area contributed by atoms with Crippen molar-refractivity contribution in [3.05, 3.63) is 65.5 Å². The van der Waals surface area contributed by atoms with E-state index in [1.165, 1.54) is 6.07 Å². The highest BCUT2D eigenvalue weighted by Gasteiger charge is 2.02. The van der Waals surface area contributed by atoms with E-state index in [2.05, 4.69) is 26.8 Å². The van der Waals surface area contributed by atoms with Crippen molar-refractivity contribution in [1.29, 1.82) is 0 Å². The molecule has 2 nitrogen and oxygen atoms in total. The monoisotopic (exact) mass is 308 g/mol. The highest BCUT2D eigenvalue weighted by atomic mass is 79.9. The number of benzene rings is 2. The maximum absolute atomic E-state index is 13.1. The second-order valence-corrected chi connectivity index (χ2v) is 4.45. The lowest BCUT2D eigenvalue weighted by atomic mass is 10.1. The van der Waals surface area contributed by atoms with Gasteiger partial charge in [0.15, 0.2) is 0 Å². The standard InChI is InChI=1S/C14H14BrFN2/c15-9-12-8-13(16)7-6-11(12)10-17-18-14-4-2-1-3-5-14/h1-8,17-18H,9-10H2. The van der Waals surface area contributed by atoms with Gasteiger partial charge < -0.3 is 5.43 Å². The average molecular weight is 309 g/mol. The van der Waals surface area contributed by atoms with E-state index in [9.17, 15) is 4.39 Å². The quantitative estimate of drug-likeness (QED) is 0.648. The molecule has 0 atom stereocenters. The van der Waals surface area contributed by atoms with Crippen molar-refractivity contribution in [3.63, 3.8) is 0 Å². The molecule has 0 aromatic heterocycles. The Morgan fingerprint density at radius 3 is 2.50 bits per heavy atom. The molecular weight excluding hydrogens is 295 g/mol. The van der Waals surface area contributed by atoms with Crippen LogP contribution in [0.2, 0.25) is 0 Å². The molecule has 2 aromatic rings. The molecule has 4 heteroatoms. The number of halogens is 2. The van der Waals surface area contributed by atoms with Crippen LogP contribution in [0.15, 0.2) is 48.5 Å². The van der Waals surface area contributed by atoms with E-state index < -0.39 is 0 Å². The second-order valence-electron chi connectivity index (χ2n) is 3.89. The van der Waals surface area contributed by atoms with Crippen LogP contribution in [0.1, 0.15) is 11.1 Å². The Morgan fingerprint density at radius 2 is 1.78 bits per heavy atom. The van der Waals surface area contributed by atoms with Crippen LogP contribution in [0.25, 0.3) is 0 Å².